The molecule has 7 heteroatoms. The van der Waals surface area contributed by atoms with Crippen LogP contribution in [0.2, 0.25) is 0 Å². The van der Waals surface area contributed by atoms with E-state index in [1.54, 1.807) is 19.2 Å². The van der Waals surface area contributed by atoms with Crippen LogP contribution in [0.5, 0.6) is 0 Å². The molecule has 0 bridgehead atoms. The molecule has 0 aliphatic heterocycles. The van der Waals surface area contributed by atoms with Crippen LogP contribution < -0.4 is 11.1 Å². The molecule has 1 heterocycles. The van der Waals surface area contributed by atoms with E-state index in [-0.39, 0.29) is 11.6 Å². The van der Waals surface area contributed by atoms with Gasteiger partial charge in [-0.1, -0.05) is 11.8 Å². The zero-order valence-electron chi connectivity index (χ0n) is 10.7. The molecule has 104 valence electrons. The Balaban J connectivity index is 2.02. The van der Waals surface area contributed by atoms with Crippen LogP contribution in [0.15, 0.2) is 41.8 Å². The number of anilines is 2. The average Bonchev–Trinajstić information content (AvgIpc) is 2.44. The van der Waals surface area contributed by atoms with Gasteiger partial charge in [-0.25, -0.2) is 14.4 Å². The summed E-state index contributed by atoms with van der Waals surface area (Å²) in [4.78, 5) is 19.8. The lowest BCUT2D eigenvalue weighted by Crippen LogP contribution is -2.23. The Morgan fingerprint density at radius 3 is 2.95 bits per heavy atom. The summed E-state index contributed by atoms with van der Waals surface area (Å²) in [6, 6.07) is 5.74. The van der Waals surface area contributed by atoms with Gasteiger partial charge in [0.05, 0.1) is 10.9 Å². The molecule has 2 aromatic rings. The standard InChI is InChI=1S/C13H13FN4OS/c1-8(20-12-4-5-16-7-17-12)13(19)18-11-6-9(15)2-3-10(11)14/h2-8H,15H2,1H3,(H,18,19). The fraction of sp³-hybridized carbons (Fsp3) is 0.154. The Morgan fingerprint density at radius 1 is 1.45 bits per heavy atom. The summed E-state index contributed by atoms with van der Waals surface area (Å²) >= 11 is 1.26. The summed E-state index contributed by atoms with van der Waals surface area (Å²) in [6.45, 7) is 1.71. The largest absolute Gasteiger partial charge is 0.399 e. The van der Waals surface area contributed by atoms with Crippen molar-refractivity contribution in [3.8, 4) is 0 Å². The predicted molar refractivity (Wildman–Crippen MR) is 76.8 cm³/mol. The van der Waals surface area contributed by atoms with Crippen LogP contribution in [0.1, 0.15) is 6.92 Å². The van der Waals surface area contributed by atoms with E-state index in [4.69, 9.17) is 5.73 Å². The Hall–Kier alpha value is -2.15. The van der Waals surface area contributed by atoms with Gasteiger partial charge in [0.2, 0.25) is 5.91 Å². The van der Waals surface area contributed by atoms with Gasteiger partial charge in [-0.15, -0.1) is 0 Å². The van der Waals surface area contributed by atoms with Crippen LogP contribution in [-0.4, -0.2) is 21.1 Å². The van der Waals surface area contributed by atoms with Gasteiger partial charge in [0.25, 0.3) is 0 Å². The highest BCUT2D eigenvalue weighted by Gasteiger charge is 2.16. The fourth-order valence-electron chi connectivity index (χ4n) is 1.46. The number of rotatable bonds is 4. The molecule has 1 atom stereocenters. The number of hydrogen-bond donors (Lipinski definition) is 2. The Morgan fingerprint density at radius 2 is 2.25 bits per heavy atom. The number of hydrogen-bond acceptors (Lipinski definition) is 5. The minimum Gasteiger partial charge on any atom is -0.399 e. The summed E-state index contributed by atoms with van der Waals surface area (Å²) in [5.41, 5.74) is 6.02. The minimum absolute atomic E-state index is 0.0742. The zero-order chi connectivity index (χ0) is 14.5. The van der Waals surface area contributed by atoms with Crippen LogP contribution in [0.3, 0.4) is 0 Å². The van der Waals surface area contributed by atoms with Crippen molar-refractivity contribution in [2.24, 2.45) is 0 Å². The number of aromatic nitrogens is 2. The van der Waals surface area contributed by atoms with Gasteiger partial charge in [-0.2, -0.15) is 0 Å². The third kappa shape index (κ3) is 3.67. The maximum atomic E-state index is 13.5. The normalized spacial score (nSPS) is 11.9. The van der Waals surface area contributed by atoms with Crippen LogP contribution in [0, 0.1) is 5.82 Å². The van der Waals surface area contributed by atoms with E-state index in [0.717, 1.165) is 0 Å². The molecule has 5 nitrogen and oxygen atoms in total. The Bertz CT molecular complexity index is 609. The number of thioether (sulfide) groups is 1. The molecule has 0 aliphatic rings. The predicted octanol–water partition coefficient (Wildman–Crippen LogP) is 2.32. The van der Waals surface area contributed by atoms with Gasteiger partial charge in [0.1, 0.15) is 17.2 Å². The molecular weight excluding hydrogens is 279 g/mol. The quantitative estimate of drug-likeness (QED) is 0.513. The third-order valence-electron chi connectivity index (χ3n) is 2.47. The lowest BCUT2D eigenvalue weighted by molar-refractivity contribution is -0.115. The number of carbonyl (C=O) groups excluding carboxylic acids is 1. The summed E-state index contributed by atoms with van der Waals surface area (Å²) in [5.74, 6) is -0.843. The molecule has 20 heavy (non-hydrogen) atoms. The van der Waals surface area contributed by atoms with E-state index in [1.165, 1.54) is 36.3 Å². The first kappa shape index (κ1) is 14.3. The molecule has 3 N–H and O–H groups in total. The SMILES string of the molecule is CC(Sc1ccncn1)C(=O)Nc1cc(N)ccc1F. The van der Waals surface area contributed by atoms with Gasteiger partial charge in [-0.3, -0.25) is 4.79 Å². The second kappa shape index (κ2) is 6.33. The van der Waals surface area contributed by atoms with E-state index in [2.05, 4.69) is 15.3 Å². The van der Waals surface area contributed by atoms with Crippen LogP contribution in [-0.2, 0) is 4.79 Å². The average molecular weight is 292 g/mol. The van der Waals surface area contributed by atoms with Crippen molar-refractivity contribution < 1.29 is 9.18 Å². The molecular formula is C13H13FN4OS. The highest BCUT2D eigenvalue weighted by molar-refractivity contribution is 8.00. The molecule has 0 radical (unpaired) electrons. The second-order valence-electron chi connectivity index (χ2n) is 4.04. The third-order valence-corrected chi connectivity index (χ3v) is 3.52. The van der Waals surface area contributed by atoms with Crippen molar-refractivity contribution >= 4 is 29.0 Å². The summed E-state index contributed by atoms with van der Waals surface area (Å²) in [6.07, 6.45) is 3.00. The molecule has 0 fully saturated rings. The Kier molecular flexibility index (Phi) is 4.52. The van der Waals surface area contributed by atoms with Crippen LogP contribution in [0.25, 0.3) is 0 Å². The molecule has 1 amide bonds. The molecule has 0 spiro atoms. The second-order valence-corrected chi connectivity index (χ2v) is 5.40. The first-order chi connectivity index (χ1) is 9.56. The number of halogens is 1. The van der Waals surface area contributed by atoms with Gasteiger partial charge < -0.3 is 11.1 Å². The maximum absolute atomic E-state index is 13.5. The van der Waals surface area contributed by atoms with Crippen molar-refractivity contribution in [2.75, 3.05) is 11.1 Å². The van der Waals surface area contributed by atoms with Gasteiger partial charge in [0.15, 0.2) is 0 Å². The van der Waals surface area contributed by atoms with E-state index >= 15 is 0 Å². The highest BCUT2D eigenvalue weighted by atomic mass is 32.2. The summed E-state index contributed by atoms with van der Waals surface area (Å²) in [7, 11) is 0. The minimum atomic E-state index is -0.521. The zero-order valence-corrected chi connectivity index (χ0v) is 11.5. The van der Waals surface area contributed by atoms with Gasteiger partial charge >= 0.3 is 0 Å². The monoisotopic (exact) mass is 292 g/mol. The first-order valence-electron chi connectivity index (χ1n) is 5.85. The number of benzene rings is 1. The van der Waals surface area contributed by atoms with Crippen molar-refractivity contribution in [3.63, 3.8) is 0 Å². The van der Waals surface area contributed by atoms with Crippen molar-refractivity contribution in [1.82, 2.24) is 9.97 Å². The van der Waals surface area contributed by atoms with Gasteiger partial charge in [0, 0.05) is 11.9 Å². The fourth-order valence-corrected chi connectivity index (χ4v) is 2.23. The summed E-state index contributed by atoms with van der Waals surface area (Å²) < 4.78 is 13.5. The van der Waals surface area contributed by atoms with E-state index in [1.807, 2.05) is 0 Å². The van der Waals surface area contributed by atoms with E-state index < -0.39 is 11.1 Å². The smallest absolute Gasteiger partial charge is 0.237 e. The topological polar surface area (TPSA) is 80.9 Å². The number of nitrogens with zero attached hydrogens (tertiary/aromatic N) is 2. The lowest BCUT2D eigenvalue weighted by atomic mass is 10.2. The van der Waals surface area contributed by atoms with Crippen LogP contribution >= 0.6 is 11.8 Å². The Labute approximate surface area is 119 Å². The van der Waals surface area contributed by atoms with E-state index in [0.29, 0.717) is 10.7 Å². The van der Waals surface area contributed by atoms with Crippen molar-refractivity contribution in [3.05, 3.63) is 42.6 Å². The molecule has 0 aliphatic carbocycles. The number of nitrogen functional groups attached to an aromatic ring is 1. The molecule has 0 saturated heterocycles. The van der Waals surface area contributed by atoms with Gasteiger partial charge in [-0.05, 0) is 31.2 Å². The molecule has 1 unspecified atom stereocenters. The van der Waals surface area contributed by atoms with Crippen LogP contribution in [0.4, 0.5) is 15.8 Å². The maximum Gasteiger partial charge on any atom is 0.237 e. The van der Waals surface area contributed by atoms with Crippen molar-refractivity contribution in [1.29, 1.82) is 0 Å². The lowest BCUT2D eigenvalue weighted by Gasteiger charge is -2.12. The van der Waals surface area contributed by atoms with Crippen molar-refractivity contribution in [2.45, 2.75) is 17.2 Å². The number of nitrogens with one attached hydrogen (secondary N) is 1. The molecule has 0 saturated carbocycles. The summed E-state index contributed by atoms with van der Waals surface area (Å²) in [5, 5.41) is 2.76. The number of carbonyl (C=O) groups is 1. The molecule has 1 aromatic carbocycles. The first-order valence-corrected chi connectivity index (χ1v) is 6.73. The van der Waals surface area contributed by atoms with E-state index in [9.17, 15) is 9.18 Å². The molecule has 1 aromatic heterocycles. The number of amides is 1. The molecule has 2 rings (SSSR count). The number of nitrogens with two attached hydrogens (primary N) is 1. The highest BCUT2D eigenvalue weighted by Crippen LogP contribution is 2.23.